The second-order valence-electron chi connectivity index (χ2n) is 6.18. The molecule has 1 aliphatic carbocycles. The van der Waals surface area contributed by atoms with Crippen molar-refractivity contribution in [1.29, 1.82) is 0 Å². The fourth-order valence-electron chi connectivity index (χ4n) is 3.67. The molecule has 0 amide bonds. The highest BCUT2D eigenvalue weighted by molar-refractivity contribution is 8.03. The van der Waals surface area contributed by atoms with E-state index in [-0.39, 0.29) is 0 Å². The molecule has 4 rings (SSSR count). The summed E-state index contributed by atoms with van der Waals surface area (Å²) in [7, 11) is 0. The summed E-state index contributed by atoms with van der Waals surface area (Å²) in [6.07, 6.45) is 9.40. The molecule has 0 aromatic heterocycles. The zero-order valence-corrected chi connectivity index (χ0v) is 14.8. The second-order valence-corrected chi connectivity index (χ2v) is 8.17. The van der Waals surface area contributed by atoms with E-state index < -0.39 is 0 Å². The SMILES string of the molecule is CSc1cc(C2C3=CCCCC3=NC3=C2SCC3)ccc1C. The summed E-state index contributed by atoms with van der Waals surface area (Å²) >= 11 is 3.88. The molecular weight excluding hydrogens is 306 g/mol. The van der Waals surface area contributed by atoms with Crippen LogP contribution < -0.4 is 0 Å². The van der Waals surface area contributed by atoms with E-state index in [4.69, 9.17) is 4.99 Å². The molecule has 1 nitrogen and oxygen atoms in total. The van der Waals surface area contributed by atoms with Crippen LogP contribution in [0.3, 0.4) is 0 Å². The molecule has 0 saturated carbocycles. The fourth-order valence-corrected chi connectivity index (χ4v) is 5.57. The van der Waals surface area contributed by atoms with Crippen molar-refractivity contribution in [2.24, 2.45) is 4.99 Å². The van der Waals surface area contributed by atoms with Crippen LogP contribution in [0.2, 0.25) is 0 Å². The number of fused-ring (bicyclic) bond motifs is 1. The molecule has 0 fully saturated rings. The molecule has 0 saturated heterocycles. The number of benzene rings is 1. The monoisotopic (exact) mass is 327 g/mol. The number of allylic oxidation sites excluding steroid dienone is 4. The van der Waals surface area contributed by atoms with Crippen molar-refractivity contribution in [3.05, 3.63) is 51.6 Å². The van der Waals surface area contributed by atoms with E-state index in [0.717, 1.165) is 12.8 Å². The molecule has 1 atom stereocenters. The highest BCUT2D eigenvalue weighted by atomic mass is 32.2. The third-order valence-electron chi connectivity index (χ3n) is 4.80. The summed E-state index contributed by atoms with van der Waals surface area (Å²) in [5.41, 5.74) is 7.07. The Bertz CT molecular complexity index is 712. The fraction of sp³-hybridized carbons (Fsp3) is 0.421. The normalized spacial score (nSPS) is 23.8. The number of aryl methyl sites for hydroxylation is 1. The second kappa shape index (κ2) is 5.93. The van der Waals surface area contributed by atoms with Crippen LogP contribution in [0.5, 0.6) is 0 Å². The van der Waals surface area contributed by atoms with Gasteiger partial charge in [-0.15, -0.1) is 23.5 Å². The van der Waals surface area contributed by atoms with Gasteiger partial charge in [0.15, 0.2) is 0 Å². The number of aliphatic imine (C=N–C) groups is 1. The van der Waals surface area contributed by atoms with Gasteiger partial charge in [0, 0.05) is 27.2 Å². The summed E-state index contributed by atoms with van der Waals surface area (Å²) in [5.74, 6) is 1.65. The van der Waals surface area contributed by atoms with Gasteiger partial charge in [-0.05, 0) is 61.6 Å². The van der Waals surface area contributed by atoms with Gasteiger partial charge in [0.25, 0.3) is 0 Å². The quantitative estimate of drug-likeness (QED) is 0.645. The van der Waals surface area contributed by atoms with E-state index in [1.165, 1.54) is 56.5 Å². The van der Waals surface area contributed by atoms with Crippen LogP contribution >= 0.6 is 23.5 Å². The van der Waals surface area contributed by atoms with Gasteiger partial charge < -0.3 is 0 Å². The third kappa shape index (κ3) is 2.39. The molecule has 114 valence electrons. The maximum atomic E-state index is 5.00. The molecule has 1 unspecified atom stereocenters. The standard InChI is InChI=1S/C19H21NS2/c1-12-7-8-13(11-17(12)21-2)18-14-5-3-4-6-15(14)20-16-9-10-22-19(16)18/h5,7-8,11,18H,3-4,6,9-10H2,1-2H3. The minimum absolute atomic E-state index is 0.446. The van der Waals surface area contributed by atoms with E-state index in [2.05, 4.69) is 37.5 Å². The van der Waals surface area contributed by atoms with Crippen molar-refractivity contribution in [2.75, 3.05) is 12.0 Å². The van der Waals surface area contributed by atoms with Crippen LogP contribution in [0.1, 0.15) is 42.7 Å². The molecule has 22 heavy (non-hydrogen) atoms. The van der Waals surface area contributed by atoms with Crippen LogP contribution in [0.25, 0.3) is 0 Å². The smallest absolute Gasteiger partial charge is 0.0519 e. The van der Waals surface area contributed by atoms with Gasteiger partial charge in [-0.25, -0.2) is 0 Å². The molecule has 0 bridgehead atoms. The average molecular weight is 328 g/mol. The molecule has 2 heterocycles. The number of hydrogen-bond acceptors (Lipinski definition) is 3. The van der Waals surface area contributed by atoms with Gasteiger partial charge in [-0.2, -0.15) is 0 Å². The predicted molar refractivity (Wildman–Crippen MR) is 99.2 cm³/mol. The Morgan fingerprint density at radius 3 is 3.05 bits per heavy atom. The Morgan fingerprint density at radius 2 is 2.18 bits per heavy atom. The minimum atomic E-state index is 0.446. The van der Waals surface area contributed by atoms with Gasteiger partial charge in [0.05, 0.1) is 5.70 Å². The Balaban J connectivity index is 1.85. The third-order valence-corrected chi connectivity index (χ3v) is 6.87. The lowest BCUT2D eigenvalue weighted by Gasteiger charge is -2.30. The first-order valence-electron chi connectivity index (χ1n) is 8.06. The first-order chi connectivity index (χ1) is 10.8. The van der Waals surface area contributed by atoms with E-state index in [1.807, 2.05) is 23.5 Å². The van der Waals surface area contributed by atoms with Crippen molar-refractivity contribution in [2.45, 2.75) is 43.4 Å². The number of hydrogen-bond donors (Lipinski definition) is 0. The highest BCUT2D eigenvalue weighted by Gasteiger charge is 2.34. The van der Waals surface area contributed by atoms with Gasteiger partial charge in [-0.1, -0.05) is 18.2 Å². The first-order valence-corrected chi connectivity index (χ1v) is 10.3. The number of thioether (sulfide) groups is 2. The molecule has 0 N–H and O–H groups in total. The lowest BCUT2D eigenvalue weighted by molar-refractivity contribution is 0.820. The van der Waals surface area contributed by atoms with E-state index in [0.29, 0.717) is 5.92 Å². The maximum absolute atomic E-state index is 5.00. The van der Waals surface area contributed by atoms with Gasteiger partial charge >= 0.3 is 0 Å². The van der Waals surface area contributed by atoms with Crippen molar-refractivity contribution in [3.63, 3.8) is 0 Å². The Kier molecular flexibility index (Phi) is 3.95. The Labute approximate surface area is 141 Å². The van der Waals surface area contributed by atoms with Gasteiger partial charge in [0.1, 0.15) is 0 Å². The lowest BCUT2D eigenvalue weighted by atomic mass is 9.80. The molecule has 1 aromatic carbocycles. The van der Waals surface area contributed by atoms with E-state index in [1.54, 1.807) is 0 Å². The molecule has 1 aromatic rings. The Hall–Kier alpha value is -0.930. The number of rotatable bonds is 2. The van der Waals surface area contributed by atoms with Crippen LogP contribution in [0.15, 0.2) is 50.3 Å². The highest BCUT2D eigenvalue weighted by Crippen LogP contribution is 2.50. The lowest BCUT2D eigenvalue weighted by Crippen LogP contribution is -2.20. The molecule has 0 spiro atoms. The Morgan fingerprint density at radius 1 is 1.27 bits per heavy atom. The number of nitrogens with zero attached hydrogens (tertiary/aromatic N) is 1. The van der Waals surface area contributed by atoms with Crippen LogP contribution in [-0.2, 0) is 0 Å². The van der Waals surface area contributed by atoms with Crippen molar-refractivity contribution in [3.8, 4) is 0 Å². The topological polar surface area (TPSA) is 12.4 Å². The molecule has 3 aliphatic rings. The molecular formula is C19H21NS2. The van der Waals surface area contributed by atoms with Gasteiger partial charge in [0.2, 0.25) is 0 Å². The maximum Gasteiger partial charge on any atom is 0.0519 e. The van der Waals surface area contributed by atoms with E-state index in [9.17, 15) is 0 Å². The molecule has 3 heteroatoms. The summed E-state index contributed by atoms with van der Waals surface area (Å²) in [6.45, 7) is 2.21. The van der Waals surface area contributed by atoms with Crippen molar-refractivity contribution in [1.82, 2.24) is 0 Å². The first kappa shape index (κ1) is 14.6. The van der Waals surface area contributed by atoms with Crippen LogP contribution in [0, 0.1) is 6.92 Å². The van der Waals surface area contributed by atoms with Crippen molar-refractivity contribution < 1.29 is 0 Å². The van der Waals surface area contributed by atoms with Crippen LogP contribution in [0.4, 0.5) is 0 Å². The van der Waals surface area contributed by atoms with Gasteiger partial charge in [-0.3, -0.25) is 4.99 Å². The summed E-state index contributed by atoms with van der Waals surface area (Å²) < 4.78 is 0. The molecule has 2 aliphatic heterocycles. The minimum Gasteiger partial charge on any atom is -0.257 e. The predicted octanol–water partition coefficient (Wildman–Crippen LogP) is 5.71. The zero-order valence-electron chi connectivity index (χ0n) is 13.2. The van der Waals surface area contributed by atoms with Crippen LogP contribution in [-0.4, -0.2) is 17.7 Å². The average Bonchev–Trinajstić information content (AvgIpc) is 3.01. The van der Waals surface area contributed by atoms with E-state index >= 15 is 0 Å². The molecule has 0 radical (unpaired) electrons. The largest absolute Gasteiger partial charge is 0.257 e. The van der Waals surface area contributed by atoms with Crippen molar-refractivity contribution >= 4 is 29.2 Å². The zero-order chi connectivity index (χ0) is 15.1. The summed E-state index contributed by atoms with van der Waals surface area (Å²) in [6, 6.07) is 7.03. The summed E-state index contributed by atoms with van der Waals surface area (Å²) in [4.78, 5) is 7.93. The summed E-state index contributed by atoms with van der Waals surface area (Å²) in [5, 5.41) is 0.